The Labute approximate surface area is 157 Å². The smallest absolute Gasteiger partial charge is 0.257 e. The molecule has 0 N–H and O–H groups in total. The summed E-state index contributed by atoms with van der Waals surface area (Å²) in [5, 5.41) is 0.319. The van der Waals surface area contributed by atoms with E-state index in [1.54, 1.807) is 9.80 Å². The van der Waals surface area contributed by atoms with Gasteiger partial charge >= 0.3 is 0 Å². The van der Waals surface area contributed by atoms with Crippen molar-refractivity contribution in [1.82, 2.24) is 9.80 Å². The largest absolute Gasteiger partial charge is 0.335 e. The van der Waals surface area contributed by atoms with E-state index in [1.165, 1.54) is 23.8 Å². The van der Waals surface area contributed by atoms with Crippen LogP contribution in [0.15, 0.2) is 42.5 Å². The van der Waals surface area contributed by atoms with Crippen LogP contribution >= 0.6 is 11.6 Å². The van der Waals surface area contributed by atoms with Gasteiger partial charge in [-0.3, -0.25) is 9.59 Å². The predicted molar refractivity (Wildman–Crippen MR) is 99.0 cm³/mol. The van der Waals surface area contributed by atoms with Gasteiger partial charge in [0.2, 0.25) is 0 Å². The molecule has 2 aromatic carbocycles. The summed E-state index contributed by atoms with van der Waals surface area (Å²) in [6.45, 7) is 3.63. The predicted octanol–water partition coefficient (Wildman–Crippen LogP) is 3.64. The van der Waals surface area contributed by atoms with Crippen LogP contribution in [0.1, 0.15) is 33.2 Å². The van der Waals surface area contributed by atoms with Crippen molar-refractivity contribution in [2.45, 2.75) is 13.3 Å². The second-order valence-electron chi connectivity index (χ2n) is 6.26. The first-order valence-electron chi connectivity index (χ1n) is 8.62. The van der Waals surface area contributed by atoms with Gasteiger partial charge in [0.1, 0.15) is 5.82 Å². The molecule has 2 amide bonds. The number of carbonyl (C=O) groups is 2. The van der Waals surface area contributed by atoms with Crippen LogP contribution in [0.5, 0.6) is 0 Å². The van der Waals surface area contributed by atoms with Gasteiger partial charge in [-0.15, -0.1) is 0 Å². The normalized spacial score (nSPS) is 14.4. The van der Waals surface area contributed by atoms with Gasteiger partial charge in [0, 0.05) is 36.8 Å². The second-order valence-corrected chi connectivity index (χ2v) is 6.70. The third-order valence-corrected chi connectivity index (χ3v) is 4.86. The molecule has 0 radical (unpaired) electrons. The first kappa shape index (κ1) is 18.4. The van der Waals surface area contributed by atoms with Crippen LogP contribution in [-0.4, -0.2) is 47.8 Å². The van der Waals surface area contributed by atoms with Crippen LogP contribution in [0, 0.1) is 5.82 Å². The molecule has 4 nitrogen and oxygen atoms in total. The summed E-state index contributed by atoms with van der Waals surface area (Å²) in [5.41, 5.74) is 1.79. The number of carbonyl (C=O) groups excluding carboxylic acids is 2. The highest BCUT2D eigenvalue weighted by molar-refractivity contribution is 6.31. The van der Waals surface area contributed by atoms with Gasteiger partial charge in [0.25, 0.3) is 11.8 Å². The zero-order valence-electron chi connectivity index (χ0n) is 14.5. The third kappa shape index (κ3) is 3.88. The van der Waals surface area contributed by atoms with Gasteiger partial charge in [-0.1, -0.05) is 30.7 Å². The van der Waals surface area contributed by atoms with Crippen LogP contribution in [0.4, 0.5) is 4.39 Å². The fourth-order valence-corrected chi connectivity index (χ4v) is 3.18. The fraction of sp³-hybridized carbons (Fsp3) is 0.300. The number of benzene rings is 2. The van der Waals surface area contributed by atoms with Gasteiger partial charge in [-0.2, -0.15) is 0 Å². The zero-order valence-corrected chi connectivity index (χ0v) is 15.3. The summed E-state index contributed by atoms with van der Waals surface area (Å²) in [7, 11) is 0. The maximum atomic E-state index is 13.9. The molecule has 0 spiro atoms. The minimum absolute atomic E-state index is 0.0348. The Hall–Kier alpha value is -2.40. The van der Waals surface area contributed by atoms with Crippen LogP contribution in [0.3, 0.4) is 0 Å². The molecule has 0 atom stereocenters. The van der Waals surface area contributed by atoms with E-state index >= 15 is 0 Å². The molecule has 0 aliphatic carbocycles. The van der Waals surface area contributed by atoms with Gasteiger partial charge < -0.3 is 9.80 Å². The van der Waals surface area contributed by atoms with Crippen molar-refractivity contribution >= 4 is 23.4 Å². The zero-order chi connectivity index (χ0) is 18.7. The van der Waals surface area contributed by atoms with E-state index in [4.69, 9.17) is 11.6 Å². The molecule has 2 aromatic rings. The maximum absolute atomic E-state index is 13.9. The molecule has 0 aromatic heterocycles. The molecule has 6 heteroatoms. The number of amides is 2. The first-order valence-corrected chi connectivity index (χ1v) is 9.00. The summed E-state index contributed by atoms with van der Waals surface area (Å²) in [4.78, 5) is 28.4. The molecule has 1 heterocycles. The summed E-state index contributed by atoms with van der Waals surface area (Å²) in [6, 6.07) is 11.5. The Morgan fingerprint density at radius 1 is 0.962 bits per heavy atom. The SMILES string of the molecule is CCc1ccc(C(=O)N2CCN(C(=O)c3cc(Cl)ccc3F)CC2)cc1. The Balaban J connectivity index is 1.64. The van der Waals surface area contributed by atoms with E-state index in [9.17, 15) is 14.0 Å². The topological polar surface area (TPSA) is 40.6 Å². The van der Waals surface area contributed by atoms with Crippen LogP contribution < -0.4 is 0 Å². The summed E-state index contributed by atoms with van der Waals surface area (Å²) in [6.07, 6.45) is 0.926. The second kappa shape index (κ2) is 7.87. The fourth-order valence-electron chi connectivity index (χ4n) is 3.01. The van der Waals surface area contributed by atoms with Crippen molar-refractivity contribution in [3.8, 4) is 0 Å². The molecular formula is C20H20ClFN2O2. The number of aryl methyl sites for hydroxylation is 1. The number of halogens is 2. The lowest BCUT2D eigenvalue weighted by Crippen LogP contribution is -2.50. The first-order chi connectivity index (χ1) is 12.5. The third-order valence-electron chi connectivity index (χ3n) is 4.62. The highest BCUT2D eigenvalue weighted by Crippen LogP contribution is 2.18. The van der Waals surface area contributed by atoms with Crippen LogP contribution in [0.25, 0.3) is 0 Å². The summed E-state index contributed by atoms with van der Waals surface area (Å²) in [5.74, 6) is -1.04. The molecule has 136 valence electrons. The summed E-state index contributed by atoms with van der Waals surface area (Å²) < 4.78 is 13.9. The lowest BCUT2D eigenvalue weighted by Gasteiger charge is -2.35. The van der Waals surface area contributed by atoms with E-state index in [0.717, 1.165) is 6.42 Å². The van der Waals surface area contributed by atoms with Crippen molar-refractivity contribution in [2.75, 3.05) is 26.2 Å². The molecule has 1 saturated heterocycles. The van der Waals surface area contributed by atoms with Crippen molar-refractivity contribution in [3.05, 3.63) is 70.0 Å². The summed E-state index contributed by atoms with van der Waals surface area (Å²) >= 11 is 5.86. The average molecular weight is 375 g/mol. The lowest BCUT2D eigenvalue weighted by molar-refractivity contribution is 0.0533. The molecule has 0 unspecified atom stereocenters. The quantitative estimate of drug-likeness (QED) is 0.823. The minimum Gasteiger partial charge on any atom is -0.335 e. The Kier molecular flexibility index (Phi) is 5.57. The van der Waals surface area contributed by atoms with E-state index in [-0.39, 0.29) is 11.5 Å². The van der Waals surface area contributed by atoms with Gasteiger partial charge in [-0.25, -0.2) is 4.39 Å². The number of piperazine rings is 1. The van der Waals surface area contributed by atoms with Crippen molar-refractivity contribution in [3.63, 3.8) is 0 Å². The Morgan fingerprint density at radius 3 is 2.12 bits per heavy atom. The minimum atomic E-state index is -0.589. The Morgan fingerprint density at radius 2 is 1.54 bits per heavy atom. The van der Waals surface area contributed by atoms with Gasteiger partial charge in [0.15, 0.2) is 0 Å². The van der Waals surface area contributed by atoms with Gasteiger partial charge in [0.05, 0.1) is 5.56 Å². The molecule has 3 rings (SSSR count). The molecule has 1 aliphatic rings. The maximum Gasteiger partial charge on any atom is 0.257 e. The van der Waals surface area contributed by atoms with Crippen molar-refractivity contribution < 1.29 is 14.0 Å². The van der Waals surface area contributed by atoms with E-state index in [1.807, 2.05) is 24.3 Å². The van der Waals surface area contributed by atoms with E-state index < -0.39 is 11.7 Å². The molecule has 1 fully saturated rings. The number of nitrogens with zero attached hydrogens (tertiary/aromatic N) is 2. The number of hydrogen-bond donors (Lipinski definition) is 0. The van der Waals surface area contributed by atoms with Crippen molar-refractivity contribution in [2.24, 2.45) is 0 Å². The molecule has 0 saturated carbocycles. The van der Waals surface area contributed by atoms with Crippen LogP contribution in [-0.2, 0) is 6.42 Å². The number of rotatable bonds is 3. The average Bonchev–Trinajstić information content (AvgIpc) is 2.69. The Bertz CT molecular complexity index is 815. The van der Waals surface area contributed by atoms with Crippen molar-refractivity contribution in [1.29, 1.82) is 0 Å². The monoisotopic (exact) mass is 374 g/mol. The lowest BCUT2D eigenvalue weighted by atomic mass is 10.1. The molecule has 0 bridgehead atoms. The number of hydrogen-bond acceptors (Lipinski definition) is 2. The molecule has 26 heavy (non-hydrogen) atoms. The molecule has 1 aliphatic heterocycles. The van der Waals surface area contributed by atoms with Crippen LogP contribution in [0.2, 0.25) is 5.02 Å². The van der Waals surface area contributed by atoms with E-state index in [0.29, 0.717) is 36.8 Å². The van der Waals surface area contributed by atoms with Gasteiger partial charge in [-0.05, 0) is 42.3 Å². The highest BCUT2D eigenvalue weighted by atomic mass is 35.5. The van der Waals surface area contributed by atoms with E-state index in [2.05, 4.69) is 6.92 Å². The standard InChI is InChI=1S/C20H20ClFN2O2/c1-2-14-3-5-15(6-4-14)19(25)23-9-11-24(12-10-23)20(26)17-13-16(21)7-8-18(17)22/h3-8,13H,2,9-12H2,1H3. The highest BCUT2D eigenvalue weighted by Gasteiger charge is 2.26. The molecular weight excluding hydrogens is 355 g/mol.